The van der Waals surface area contributed by atoms with Crippen molar-refractivity contribution in [2.45, 2.75) is 31.6 Å². The fraction of sp³-hybridized carbons (Fsp3) is 0.304. The molecule has 33 heavy (non-hydrogen) atoms. The van der Waals surface area contributed by atoms with Gasteiger partial charge >= 0.3 is 12.1 Å². The largest absolute Gasteiger partial charge is 0.481 e. The van der Waals surface area contributed by atoms with Crippen LogP contribution in [-0.4, -0.2) is 48.0 Å². The zero-order valence-corrected chi connectivity index (χ0v) is 17.7. The highest BCUT2D eigenvalue weighted by Gasteiger charge is 2.35. The van der Waals surface area contributed by atoms with Crippen LogP contribution in [0.1, 0.15) is 30.4 Å². The second kappa shape index (κ2) is 9.85. The van der Waals surface area contributed by atoms with Crippen molar-refractivity contribution in [3.63, 3.8) is 0 Å². The Morgan fingerprint density at radius 3 is 2.39 bits per heavy atom. The van der Waals surface area contributed by atoms with E-state index in [0.717, 1.165) is 0 Å². The SMILES string of the molecule is CN1C(=O)C(NC(=O)C(CCC(F)(F)F)CC(=O)O)N=C(c2ccccc2)c2ccccc21. The number of fused-ring (bicyclic) bond motifs is 1. The predicted molar refractivity (Wildman–Crippen MR) is 115 cm³/mol. The smallest absolute Gasteiger partial charge is 0.389 e. The van der Waals surface area contributed by atoms with E-state index in [2.05, 4.69) is 10.3 Å². The first-order valence-electron chi connectivity index (χ1n) is 10.2. The molecule has 2 amide bonds. The minimum atomic E-state index is -4.55. The fourth-order valence-corrected chi connectivity index (χ4v) is 3.57. The summed E-state index contributed by atoms with van der Waals surface area (Å²) in [4.78, 5) is 42.7. The third-order valence-corrected chi connectivity index (χ3v) is 5.24. The van der Waals surface area contributed by atoms with Crippen LogP contribution in [0.3, 0.4) is 0 Å². The molecule has 1 heterocycles. The fourth-order valence-electron chi connectivity index (χ4n) is 3.57. The van der Waals surface area contributed by atoms with Crippen molar-refractivity contribution in [1.29, 1.82) is 0 Å². The molecular formula is C23H22F3N3O4. The standard InChI is InChI=1S/C23H22F3N3O4/c1-29-17-10-6-5-9-16(17)19(14-7-3-2-4-8-14)27-20(22(29)33)28-21(32)15(13-18(30)31)11-12-23(24,25)26/h2-10,15,20H,11-13H2,1H3,(H,28,32)(H,30,31). The van der Waals surface area contributed by atoms with Crippen LogP contribution in [0.15, 0.2) is 59.6 Å². The summed E-state index contributed by atoms with van der Waals surface area (Å²) in [6.07, 6.45) is -8.81. The van der Waals surface area contributed by atoms with Crippen molar-refractivity contribution in [3.8, 4) is 0 Å². The van der Waals surface area contributed by atoms with Crippen molar-refractivity contribution in [3.05, 3.63) is 65.7 Å². The molecule has 2 aromatic rings. The van der Waals surface area contributed by atoms with Gasteiger partial charge in [0.1, 0.15) is 0 Å². The summed E-state index contributed by atoms with van der Waals surface area (Å²) >= 11 is 0. The molecule has 2 N–H and O–H groups in total. The zero-order chi connectivity index (χ0) is 24.2. The molecule has 7 nitrogen and oxygen atoms in total. The summed E-state index contributed by atoms with van der Waals surface area (Å²) in [6, 6.07) is 15.9. The maximum atomic E-state index is 13.1. The van der Waals surface area contributed by atoms with E-state index >= 15 is 0 Å². The maximum Gasteiger partial charge on any atom is 0.389 e. The Morgan fingerprint density at radius 2 is 1.76 bits per heavy atom. The van der Waals surface area contributed by atoms with Crippen LogP contribution in [0.2, 0.25) is 0 Å². The van der Waals surface area contributed by atoms with Gasteiger partial charge < -0.3 is 15.3 Å². The molecule has 0 fully saturated rings. The molecule has 1 aliphatic rings. The van der Waals surface area contributed by atoms with Crippen LogP contribution < -0.4 is 10.2 Å². The Hall–Kier alpha value is -3.69. The number of hydrogen-bond acceptors (Lipinski definition) is 4. The lowest BCUT2D eigenvalue weighted by molar-refractivity contribution is -0.148. The molecule has 174 valence electrons. The lowest BCUT2D eigenvalue weighted by atomic mass is 9.98. The molecular weight excluding hydrogens is 439 g/mol. The number of alkyl halides is 3. The van der Waals surface area contributed by atoms with E-state index in [0.29, 0.717) is 22.5 Å². The Morgan fingerprint density at radius 1 is 1.12 bits per heavy atom. The molecule has 2 unspecified atom stereocenters. The molecule has 3 rings (SSSR count). The number of halogens is 3. The first kappa shape index (κ1) is 24.0. The molecule has 10 heteroatoms. The summed E-state index contributed by atoms with van der Waals surface area (Å²) in [7, 11) is 1.50. The van der Waals surface area contributed by atoms with E-state index in [9.17, 15) is 27.6 Å². The van der Waals surface area contributed by atoms with Crippen molar-refractivity contribution in [2.75, 3.05) is 11.9 Å². The summed E-state index contributed by atoms with van der Waals surface area (Å²) in [5.74, 6) is -4.46. The number of carbonyl (C=O) groups is 3. The number of carboxylic acids is 1. The number of nitrogens with one attached hydrogen (secondary N) is 1. The van der Waals surface area contributed by atoms with Gasteiger partial charge in [-0.25, -0.2) is 4.99 Å². The van der Waals surface area contributed by atoms with Crippen LogP contribution in [0.4, 0.5) is 18.9 Å². The molecule has 0 saturated carbocycles. The van der Waals surface area contributed by atoms with Crippen molar-refractivity contribution in [2.24, 2.45) is 10.9 Å². The third-order valence-electron chi connectivity index (χ3n) is 5.24. The summed E-state index contributed by atoms with van der Waals surface area (Å²) in [5.41, 5.74) is 2.27. The molecule has 0 aliphatic carbocycles. The topological polar surface area (TPSA) is 99.1 Å². The Labute approximate surface area is 187 Å². The van der Waals surface area contributed by atoms with E-state index in [1.807, 2.05) is 0 Å². The Bertz CT molecular complexity index is 1070. The number of rotatable bonds is 7. The maximum absolute atomic E-state index is 13.1. The van der Waals surface area contributed by atoms with Gasteiger partial charge in [-0.05, 0) is 12.5 Å². The highest BCUT2D eigenvalue weighted by molar-refractivity contribution is 6.20. The van der Waals surface area contributed by atoms with Crippen LogP contribution in [0.25, 0.3) is 0 Å². The van der Waals surface area contributed by atoms with Gasteiger partial charge in [0.25, 0.3) is 5.91 Å². The number of aliphatic imine (C=N–C) groups is 1. The first-order valence-corrected chi connectivity index (χ1v) is 10.2. The van der Waals surface area contributed by atoms with Gasteiger partial charge in [-0.15, -0.1) is 0 Å². The number of hydrogen-bond donors (Lipinski definition) is 2. The number of carboxylic acid groups (broad SMARTS) is 1. The van der Waals surface area contributed by atoms with E-state index < -0.39 is 55.3 Å². The number of anilines is 1. The van der Waals surface area contributed by atoms with Gasteiger partial charge in [0, 0.05) is 30.5 Å². The number of benzodiazepines with no additional fused rings is 1. The quantitative estimate of drug-likeness (QED) is 0.661. The predicted octanol–water partition coefficient (Wildman–Crippen LogP) is 3.38. The van der Waals surface area contributed by atoms with Gasteiger partial charge in [0.15, 0.2) is 0 Å². The molecule has 0 radical (unpaired) electrons. The van der Waals surface area contributed by atoms with Gasteiger partial charge in [-0.1, -0.05) is 48.5 Å². The van der Waals surface area contributed by atoms with Crippen LogP contribution in [0, 0.1) is 5.92 Å². The number of benzene rings is 2. The van der Waals surface area contributed by atoms with Gasteiger partial charge in [-0.3, -0.25) is 14.4 Å². The van der Waals surface area contributed by atoms with Crippen molar-refractivity contribution < 1.29 is 32.7 Å². The molecule has 0 spiro atoms. The number of amides is 2. The van der Waals surface area contributed by atoms with Gasteiger partial charge in [0.2, 0.25) is 12.1 Å². The average molecular weight is 461 g/mol. The molecule has 1 aliphatic heterocycles. The van der Waals surface area contributed by atoms with E-state index in [1.54, 1.807) is 54.6 Å². The second-order valence-corrected chi connectivity index (χ2v) is 7.62. The highest BCUT2D eigenvalue weighted by atomic mass is 19.4. The lowest BCUT2D eigenvalue weighted by Gasteiger charge is -2.22. The number of carbonyl (C=O) groups excluding carboxylic acids is 2. The molecule has 0 aromatic heterocycles. The van der Waals surface area contributed by atoms with Gasteiger partial charge in [-0.2, -0.15) is 13.2 Å². The van der Waals surface area contributed by atoms with Crippen molar-refractivity contribution in [1.82, 2.24) is 5.32 Å². The average Bonchev–Trinajstić information content (AvgIpc) is 2.87. The number of likely N-dealkylation sites (N-methyl/N-ethyl adjacent to an activating group) is 1. The molecule has 2 atom stereocenters. The summed E-state index contributed by atoms with van der Waals surface area (Å²) in [5, 5.41) is 11.4. The van der Waals surface area contributed by atoms with Crippen LogP contribution in [0.5, 0.6) is 0 Å². The third kappa shape index (κ3) is 5.97. The zero-order valence-electron chi connectivity index (χ0n) is 17.7. The van der Waals surface area contributed by atoms with Crippen LogP contribution >= 0.6 is 0 Å². The van der Waals surface area contributed by atoms with E-state index in [4.69, 9.17) is 5.11 Å². The monoisotopic (exact) mass is 461 g/mol. The number of para-hydroxylation sites is 1. The Kier molecular flexibility index (Phi) is 7.15. The number of nitrogens with zero attached hydrogens (tertiary/aromatic N) is 2. The first-order chi connectivity index (χ1) is 15.6. The molecule has 0 bridgehead atoms. The lowest BCUT2D eigenvalue weighted by Crippen LogP contribution is -2.48. The van der Waals surface area contributed by atoms with Gasteiger partial charge in [0.05, 0.1) is 17.8 Å². The second-order valence-electron chi connectivity index (χ2n) is 7.62. The molecule has 0 saturated heterocycles. The summed E-state index contributed by atoms with van der Waals surface area (Å²) < 4.78 is 38.0. The van der Waals surface area contributed by atoms with E-state index in [1.165, 1.54) is 11.9 Å². The Balaban J connectivity index is 1.96. The normalized spacial score (nSPS) is 17.0. The van der Waals surface area contributed by atoms with E-state index in [-0.39, 0.29) is 0 Å². The van der Waals surface area contributed by atoms with Crippen molar-refractivity contribution >= 4 is 29.2 Å². The molecule has 2 aromatic carbocycles. The minimum Gasteiger partial charge on any atom is -0.481 e. The minimum absolute atomic E-state index is 0.416. The van der Waals surface area contributed by atoms with Crippen LogP contribution in [-0.2, 0) is 14.4 Å². The highest BCUT2D eigenvalue weighted by Crippen LogP contribution is 2.28. The number of aliphatic carboxylic acids is 1. The summed E-state index contributed by atoms with van der Waals surface area (Å²) in [6.45, 7) is 0.